The Morgan fingerprint density at radius 3 is 2.35 bits per heavy atom. The summed E-state index contributed by atoms with van der Waals surface area (Å²) in [6, 6.07) is 9.72. The van der Waals surface area contributed by atoms with Crippen molar-refractivity contribution in [1.82, 2.24) is 0 Å². The number of Topliss-reactive ketones (excluding diaryl/α,β-unsaturated/α-hetero) is 1. The van der Waals surface area contributed by atoms with Gasteiger partial charge < -0.3 is 0 Å². The van der Waals surface area contributed by atoms with Crippen LogP contribution >= 0.6 is 0 Å². The molecule has 1 aromatic carbocycles. The molecule has 2 unspecified atom stereocenters. The normalized spacial score (nSPS) is 14.3. The molecule has 0 aliphatic rings. The minimum absolute atomic E-state index is 0.197. The number of ketones is 1. The van der Waals surface area contributed by atoms with Gasteiger partial charge in [-0.3, -0.25) is 4.79 Å². The van der Waals surface area contributed by atoms with Crippen LogP contribution in [0.1, 0.15) is 56.8 Å². The first-order valence-electron chi connectivity index (χ1n) is 6.79. The zero-order valence-corrected chi connectivity index (χ0v) is 11.3. The molecule has 0 N–H and O–H groups in total. The molecule has 0 spiro atoms. The van der Waals surface area contributed by atoms with Crippen LogP contribution in [0.2, 0.25) is 0 Å². The molecule has 1 rings (SSSR count). The molecule has 0 bridgehead atoms. The zero-order chi connectivity index (χ0) is 12.7. The molecule has 94 valence electrons. The van der Waals surface area contributed by atoms with Crippen LogP contribution < -0.4 is 0 Å². The second kappa shape index (κ2) is 7.26. The third-order valence-electron chi connectivity index (χ3n) is 3.59. The van der Waals surface area contributed by atoms with Crippen molar-refractivity contribution in [2.24, 2.45) is 11.8 Å². The van der Waals surface area contributed by atoms with Crippen molar-refractivity contribution in [1.29, 1.82) is 0 Å². The minimum Gasteiger partial charge on any atom is -0.294 e. The maximum absolute atomic E-state index is 12.5. The van der Waals surface area contributed by atoms with Crippen LogP contribution in [0.4, 0.5) is 0 Å². The topological polar surface area (TPSA) is 17.1 Å². The highest BCUT2D eigenvalue weighted by atomic mass is 16.1. The van der Waals surface area contributed by atoms with Crippen molar-refractivity contribution >= 4 is 5.78 Å². The summed E-state index contributed by atoms with van der Waals surface area (Å²) in [5.74, 6) is 1.00. The van der Waals surface area contributed by atoms with Gasteiger partial charge in [-0.15, -0.1) is 0 Å². The Kier molecular flexibility index (Phi) is 5.96. The first-order chi connectivity index (χ1) is 8.20. The van der Waals surface area contributed by atoms with E-state index in [0.29, 0.717) is 11.7 Å². The lowest BCUT2D eigenvalue weighted by atomic mass is 9.82. The Bertz CT molecular complexity index is 329. The van der Waals surface area contributed by atoms with Gasteiger partial charge in [0, 0.05) is 11.5 Å². The number of rotatable bonds is 7. The molecule has 0 saturated heterocycles. The number of carbonyl (C=O) groups is 1. The van der Waals surface area contributed by atoms with E-state index in [4.69, 9.17) is 0 Å². The summed E-state index contributed by atoms with van der Waals surface area (Å²) >= 11 is 0. The third-order valence-corrected chi connectivity index (χ3v) is 3.59. The lowest BCUT2D eigenvalue weighted by Crippen LogP contribution is -2.22. The number of hydrogen-bond donors (Lipinski definition) is 0. The van der Waals surface area contributed by atoms with E-state index in [0.717, 1.165) is 31.2 Å². The minimum atomic E-state index is 0.197. The van der Waals surface area contributed by atoms with E-state index in [1.165, 1.54) is 0 Å². The Morgan fingerprint density at radius 1 is 1.18 bits per heavy atom. The Hall–Kier alpha value is -1.11. The number of benzene rings is 1. The van der Waals surface area contributed by atoms with E-state index in [1.54, 1.807) is 0 Å². The first-order valence-corrected chi connectivity index (χ1v) is 6.79. The molecule has 0 amide bonds. The molecule has 1 heteroatoms. The number of hydrogen-bond acceptors (Lipinski definition) is 1. The molecule has 1 nitrogen and oxygen atoms in total. The first kappa shape index (κ1) is 14.0. The highest BCUT2D eigenvalue weighted by Crippen LogP contribution is 2.25. The molecule has 0 aliphatic heterocycles. The molecule has 0 radical (unpaired) electrons. The Balaban J connectivity index is 2.79. The van der Waals surface area contributed by atoms with Gasteiger partial charge in [-0.05, 0) is 12.3 Å². The van der Waals surface area contributed by atoms with Crippen LogP contribution in [0.3, 0.4) is 0 Å². The zero-order valence-electron chi connectivity index (χ0n) is 11.3. The van der Waals surface area contributed by atoms with Crippen molar-refractivity contribution in [2.75, 3.05) is 0 Å². The van der Waals surface area contributed by atoms with Crippen LogP contribution in [-0.2, 0) is 0 Å². The van der Waals surface area contributed by atoms with E-state index in [9.17, 15) is 4.79 Å². The molecule has 17 heavy (non-hydrogen) atoms. The lowest BCUT2D eigenvalue weighted by Gasteiger charge is -2.21. The summed E-state index contributed by atoms with van der Waals surface area (Å²) in [5.41, 5.74) is 0.869. The fourth-order valence-electron chi connectivity index (χ4n) is 2.20. The Labute approximate surface area is 105 Å². The van der Waals surface area contributed by atoms with Gasteiger partial charge in [-0.2, -0.15) is 0 Å². The maximum atomic E-state index is 12.5. The third kappa shape index (κ3) is 3.99. The summed E-state index contributed by atoms with van der Waals surface area (Å²) < 4.78 is 0. The van der Waals surface area contributed by atoms with E-state index < -0.39 is 0 Å². The SMILES string of the molecule is CCCCC(C(=O)c1ccccc1)C(C)CC. The predicted octanol–water partition coefficient (Wildman–Crippen LogP) is 4.72. The standard InChI is InChI=1S/C16H24O/c1-4-6-12-15(13(3)5-2)16(17)14-10-8-7-9-11-14/h7-11,13,15H,4-6,12H2,1-3H3. The average Bonchev–Trinajstić information content (AvgIpc) is 2.39. The molecule has 0 aromatic heterocycles. The molecule has 0 aliphatic carbocycles. The van der Waals surface area contributed by atoms with Gasteiger partial charge in [0.25, 0.3) is 0 Å². The smallest absolute Gasteiger partial charge is 0.166 e. The second-order valence-corrected chi connectivity index (χ2v) is 4.86. The Morgan fingerprint density at radius 2 is 1.82 bits per heavy atom. The highest BCUT2D eigenvalue weighted by Gasteiger charge is 2.24. The van der Waals surface area contributed by atoms with E-state index in [2.05, 4.69) is 20.8 Å². The fourth-order valence-corrected chi connectivity index (χ4v) is 2.20. The van der Waals surface area contributed by atoms with Gasteiger partial charge in [-0.25, -0.2) is 0 Å². The van der Waals surface area contributed by atoms with E-state index in [1.807, 2.05) is 30.3 Å². The van der Waals surface area contributed by atoms with Gasteiger partial charge in [0.1, 0.15) is 0 Å². The van der Waals surface area contributed by atoms with Crippen molar-refractivity contribution in [3.05, 3.63) is 35.9 Å². The molecule has 0 heterocycles. The molecule has 0 fully saturated rings. The van der Waals surface area contributed by atoms with Crippen LogP contribution in [0.25, 0.3) is 0 Å². The van der Waals surface area contributed by atoms with E-state index in [-0.39, 0.29) is 5.92 Å². The number of carbonyl (C=O) groups excluding carboxylic acids is 1. The van der Waals surface area contributed by atoms with Crippen LogP contribution in [0.5, 0.6) is 0 Å². The summed E-state index contributed by atoms with van der Waals surface area (Å²) in [5, 5.41) is 0. The van der Waals surface area contributed by atoms with Gasteiger partial charge in [0.15, 0.2) is 5.78 Å². The summed E-state index contributed by atoms with van der Waals surface area (Å²) in [6.45, 7) is 6.55. The maximum Gasteiger partial charge on any atom is 0.166 e. The van der Waals surface area contributed by atoms with Crippen molar-refractivity contribution in [3.8, 4) is 0 Å². The largest absolute Gasteiger partial charge is 0.294 e. The summed E-state index contributed by atoms with van der Waals surface area (Å²) in [4.78, 5) is 12.5. The monoisotopic (exact) mass is 232 g/mol. The van der Waals surface area contributed by atoms with Crippen LogP contribution in [-0.4, -0.2) is 5.78 Å². The molecular weight excluding hydrogens is 208 g/mol. The second-order valence-electron chi connectivity index (χ2n) is 4.86. The van der Waals surface area contributed by atoms with Crippen LogP contribution in [0.15, 0.2) is 30.3 Å². The highest BCUT2D eigenvalue weighted by molar-refractivity contribution is 5.97. The predicted molar refractivity (Wildman–Crippen MR) is 73.2 cm³/mol. The molecular formula is C16H24O. The fraction of sp³-hybridized carbons (Fsp3) is 0.562. The van der Waals surface area contributed by atoms with Gasteiger partial charge in [0.2, 0.25) is 0 Å². The lowest BCUT2D eigenvalue weighted by molar-refractivity contribution is 0.0865. The van der Waals surface area contributed by atoms with E-state index >= 15 is 0 Å². The number of unbranched alkanes of at least 4 members (excludes halogenated alkanes) is 1. The van der Waals surface area contributed by atoms with Gasteiger partial charge in [-0.1, -0.05) is 70.4 Å². The van der Waals surface area contributed by atoms with Crippen LogP contribution in [0, 0.1) is 11.8 Å². The van der Waals surface area contributed by atoms with Gasteiger partial charge in [0.05, 0.1) is 0 Å². The molecule has 0 saturated carbocycles. The average molecular weight is 232 g/mol. The summed E-state index contributed by atoms with van der Waals surface area (Å²) in [6.07, 6.45) is 4.41. The van der Waals surface area contributed by atoms with Gasteiger partial charge >= 0.3 is 0 Å². The molecule has 2 atom stereocenters. The quantitative estimate of drug-likeness (QED) is 0.621. The molecule has 1 aromatic rings. The summed E-state index contributed by atoms with van der Waals surface area (Å²) in [7, 11) is 0. The van der Waals surface area contributed by atoms with Crippen molar-refractivity contribution in [3.63, 3.8) is 0 Å². The van der Waals surface area contributed by atoms with Crippen molar-refractivity contribution < 1.29 is 4.79 Å². The van der Waals surface area contributed by atoms with Crippen molar-refractivity contribution in [2.45, 2.75) is 46.5 Å².